The highest BCUT2D eigenvalue weighted by Gasteiger charge is 2.31. The van der Waals surface area contributed by atoms with E-state index < -0.39 is 0 Å². The fourth-order valence-electron chi connectivity index (χ4n) is 1.05. The molecule has 0 N–H and O–H groups in total. The van der Waals surface area contributed by atoms with Gasteiger partial charge in [-0.15, -0.1) is 0 Å². The molecule has 0 aromatic rings. The van der Waals surface area contributed by atoms with E-state index >= 15 is 0 Å². The van der Waals surface area contributed by atoms with Gasteiger partial charge in [0.1, 0.15) is 7.05 Å². The lowest BCUT2D eigenvalue weighted by Crippen LogP contribution is -2.23. The van der Waals surface area contributed by atoms with E-state index in [0.29, 0.717) is 12.1 Å². The van der Waals surface area contributed by atoms with Crippen molar-refractivity contribution in [3.63, 3.8) is 0 Å². The average Bonchev–Trinajstić information content (AvgIpc) is 1.98. The molecule has 1 aliphatic rings. The van der Waals surface area contributed by atoms with Crippen LogP contribution in [0.15, 0.2) is 0 Å². The second-order valence-electron chi connectivity index (χ2n) is 2.69. The second kappa shape index (κ2) is 2.01. The van der Waals surface area contributed by atoms with Gasteiger partial charge in [0, 0.05) is 6.92 Å². The zero-order valence-electron chi connectivity index (χ0n) is 6.51. The molecule has 0 radical (unpaired) electrons. The predicted octanol–water partition coefficient (Wildman–Crippen LogP) is 0.854. The summed E-state index contributed by atoms with van der Waals surface area (Å²) in [5.41, 5.74) is 0. The van der Waals surface area contributed by atoms with E-state index in [1.54, 1.807) is 0 Å². The van der Waals surface area contributed by atoms with Crippen molar-refractivity contribution in [2.24, 2.45) is 0 Å². The summed E-state index contributed by atoms with van der Waals surface area (Å²) >= 11 is 0. The van der Waals surface area contributed by atoms with Crippen LogP contribution >= 0.6 is 0 Å². The van der Waals surface area contributed by atoms with Gasteiger partial charge in [0.25, 0.3) is 0 Å². The van der Waals surface area contributed by atoms with Gasteiger partial charge in [-0.2, -0.15) is 4.58 Å². The maximum absolute atomic E-state index is 5.43. The van der Waals surface area contributed by atoms with Crippen LogP contribution in [-0.2, 0) is 4.74 Å². The third-order valence-electron chi connectivity index (χ3n) is 2.14. The van der Waals surface area contributed by atoms with Crippen molar-refractivity contribution in [3.05, 3.63) is 0 Å². The zero-order valence-corrected chi connectivity index (χ0v) is 6.51. The first-order valence-corrected chi connectivity index (χ1v) is 3.36. The van der Waals surface area contributed by atoms with E-state index in [0.717, 1.165) is 5.90 Å². The van der Waals surface area contributed by atoms with E-state index in [2.05, 4.69) is 25.5 Å². The Morgan fingerprint density at radius 1 is 1.44 bits per heavy atom. The Labute approximate surface area is 56.1 Å². The minimum absolute atomic E-state index is 0.356. The molecular formula is C7H14NO+. The smallest absolute Gasteiger partial charge is 0.333 e. The summed E-state index contributed by atoms with van der Waals surface area (Å²) in [6.07, 6.45) is 0.356. The van der Waals surface area contributed by atoms with Crippen molar-refractivity contribution >= 4 is 5.90 Å². The Bertz CT molecular complexity index is 151. The maximum atomic E-state index is 5.43. The molecule has 0 unspecified atom stereocenters. The second-order valence-corrected chi connectivity index (χ2v) is 2.69. The molecule has 1 rings (SSSR count). The van der Waals surface area contributed by atoms with Crippen LogP contribution in [0.25, 0.3) is 0 Å². The van der Waals surface area contributed by atoms with Crippen molar-refractivity contribution in [2.75, 3.05) is 7.05 Å². The van der Waals surface area contributed by atoms with Gasteiger partial charge in [-0.25, -0.2) is 0 Å². The molecule has 0 aromatic carbocycles. The molecule has 2 heteroatoms. The first kappa shape index (κ1) is 6.59. The van der Waals surface area contributed by atoms with Crippen LogP contribution in [0.4, 0.5) is 0 Å². The van der Waals surface area contributed by atoms with Crippen LogP contribution in [0, 0.1) is 0 Å². The van der Waals surface area contributed by atoms with Gasteiger partial charge in [-0.1, -0.05) is 0 Å². The lowest BCUT2D eigenvalue weighted by atomic mass is 10.2. The van der Waals surface area contributed by atoms with Gasteiger partial charge < -0.3 is 4.74 Å². The first-order valence-electron chi connectivity index (χ1n) is 3.36. The molecule has 9 heavy (non-hydrogen) atoms. The summed E-state index contributed by atoms with van der Waals surface area (Å²) < 4.78 is 7.59. The molecule has 0 spiro atoms. The molecule has 0 saturated heterocycles. The molecule has 0 aliphatic carbocycles. The van der Waals surface area contributed by atoms with Gasteiger partial charge in [0.05, 0.1) is 6.92 Å². The number of likely N-dealkylation sites (N-methyl/N-ethyl adjacent to an activating group) is 1. The quantitative estimate of drug-likeness (QED) is 0.441. The summed E-state index contributed by atoms with van der Waals surface area (Å²) in [7, 11) is 2.06. The van der Waals surface area contributed by atoms with E-state index in [-0.39, 0.29) is 0 Å². The number of hydrogen-bond donors (Lipinski definition) is 0. The van der Waals surface area contributed by atoms with Crippen LogP contribution in [0.5, 0.6) is 0 Å². The molecule has 1 heterocycles. The molecule has 0 bridgehead atoms. The summed E-state index contributed by atoms with van der Waals surface area (Å²) in [6, 6.07) is 0.532. The van der Waals surface area contributed by atoms with Crippen molar-refractivity contribution < 1.29 is 9.31 Å². The predicted molar refractivity (Wildman–Crippen MR) is 36.9 cm³/mol. The highest BCUT2D eigenvalue weighted by atomic mass is 16.5. The van der Waals surface area contributed by atoms with Crippen LogP contribution < -0.4 is 0 Å². The van der Waals surface area contributed by atoms with E-state index in [1.807, 2.05) is 6.92 Å². The summed E-state index contributed by atoms with van der Waals surface area (Å²) in [5.74, 6) is 1.04. The number of nitrogens with zero attached hydrogens (tertiary/aromatic N) is 1. The molecule has 0 saturated carbocycles. The van der Waals surface area contributed by atoms with E-state index in [1.165, 1.54) is 0 Å². The Morgan fingerprint density at radius 3 is 2.11 bits per heavy atom. The van der Waals surface area contributed by atoms with Crippen LogP contribution in [0.2, 0.25) is 0 Å². The van der Waals surface area contributed by atoms with Gasteiger partial charge >= 0.3 is 5.90 Å². The maximum Gasteiger partial charge on any atom is 0.333 e. The standard InChI is InChI=1S/C7H14NO/c1-5-6(2)9-7(3)8(5)4/h5-6H,1-4H3/q+1/t5-,6+/m0/s1. The Kier molecular flexibility index (Phi) is 1.47. The first-order chi connectivity index (χ1) is 4.13. The van der Waals surface area contributed by atoms with Gasteiger partial charge in [-0.3, -0.25) is 0 Å². The minimum atomic E-state index is 0.356. The topological polar surface area (TPSA) is 12.2 Å². The largest absolute Gasteiger partial charge is 0.438 e. The highest BCUT2D eigenvalue weighted by molar-refractivity contribution is 5.68. The average molecular weight is 128 g/mol. The van der Waals surface area contributed by atoms with Crippen LogP contribution in [0.1, 0.15) is 20.8 Å². The van der Waals surface area contributed by atoms with E-state index in [4.69, 9.17) is 4.74 Å². The molecular weight excluding hydrogens is 114 g/mol. The van der Waals surface area contributed by atoms with Crippen molar-refractivity contribution in [2.45, 2.75) is 32.9 Å². The summed E-state index contributed by atoms with van der Waals surface area (Å²) in [6.45, 7) is 6.26. The monoisotopic (exact) mass is 128 g/mol. The van der Waals surface area contributed by atoms with Crippen LogP contribution in [-0.4, -0.2) is 29.7 Å². The Morgan fingerprint density at radius 2 is 2.00 bits per heavy atom. The highest BCUT2D eigenvalue weighted by Crippen LogP contribution is 2.09. The lowest BCUT2D eigenvalue weighted by molar-refractivity contribution is -0.527. The van der Waals surface area contributed by atoms with Gasteiger partial charge in [-0.05, 0) is 6.92 Å². The molecule has 2 nitrogen and oxygen atoms in total. The third-order valence-corrected chi connectivity index (χ3v) is 2.14. The number of hydrogen-bond acceptors (Lipinski definition) is 1. The Hall–Kier alpha value is -0.530. The van der Waals surface area contributed by atoms with E-state index in [9.17, 15) is 0 Å². The zero-order chi connectivity index (χ0) is 7.02. The fraction of sp³-hybridized carbons (Fsp3) is 0.857. The van der Waals surface area contributed by atoms with Gasteiger partial charge in [0.15, 0.2) is 12.1 Å². The Balaban J connectivity index is 2.74. The number of ether oxygens (including phenoxy) is 1. The fourth-order valence-corrected chi connectivity index (χ4v) is 1.05. The lowest BCUT2D eigenvalue weighted by Gasteiger charge is -2.02. The molecule has 0 amide bonds. The number of rotatable bonds is 0. The third kappa shape index (κ3) is 0.934. The van der Waals surface area contributed by atoms with Crippen molar-refractivity contribution in [1.82, 2.24) is 0 Å². The van der Waals surface area contributed by atoms with Gasteiger partial charge in [0.2, 0.25) is 0 Å². The summed E-state index contributed by atoms with van der Waals surface area (Å²) in [5, 5.41) is 0. The SMILES string of the molecule is CC1=[N+](C)[C@@H](C)[C@@H](C)O1. The van der Waals surface area contributed by atoms with Crippen LogP contribution in [0.3, 0.4) is 0 Å². The molecule has 0 fully saturated rings. The molecule has 52 valence electrons. The minimum Gasteiger partial charge on any atom is -0.438 e. The molecule has 1 aliphatic heterocycles. The summed E-state index contributed by atoms with van der Waals surface area (Å²) in [4.78, 5) is 0. The molecule has 0 aromatic heterocycles. The normalized spacial score (nSPS) is 35.1. The molecule has 2 atom stereocenters. The van der Waals surface area contributed by atoms with Crippen molar-refractivity contribution in [1.29, 1.82) is 0 Å². The van der Waals surface area contributed by atoms with Crippen molar-refractivity contribution in [3.8, 4) is 0 Å².